The van der Waals surface area contributed by atoms with Gasteiger partial charge in [0.1, 0.15) is 0 Å². The minimum atomic E-state index is -4.31. The van der Waals surface area contributed by atoms with Crippen LogP contribution in [0.3, 0.4) is 0 Å². The molecule has 1 N–H and O–H groups in total. The highest BCUT2D eigenvalue weighted by Crippen LogP contribution is 2.73. The summed E-state index contributed by atoms with van der Waals surface area (Å²) in [6.07, 6.45) is 0. The standard InChI is InChI=1S/C26H24O3S2/c1-20-18-25(19-21(2)26(20)31(27,28)29)30(22-12-6-3-7-13-22,23-14-8-4-9-15-23)24-16-10-5-11-17-24/h3-19H,1-2H3,(H,27,28,29). The third-order valence-corrected chi connectivity index (χ3v) is 10.4. The molecule has 0 fully saturated rings. The van der Waals surface area contributed by atoms with Crippen molar-refractivity contribution in [3.05, 3.63) is 114 Å². The Bertz CT molecular complexity index is 1180. The fraction of sp³-hybridized carbons (Fsp3) is 0.0769. The van der Waals surface area contributed by atoms with Gasteiger partial charge in [-0.3, -0.25) is 4.55 Å². The molecule has 4 aromatic carbocycles. The fourth-order valence-corrected chi connectivity index (χ4v) is 9.15. The van der Waals surface area contributed by atoms with Gasteiger partial charge in [0.15, 0.2) is 0 Å². The van der Waals surface area contributed by atoms with Gasteiger partial charge in [-0.25, -0.2) is 0 Å². The Morgan fingerprint density at radius 3 is 1.16 bits per heavy atom. The molecule has 158 valence electrons. The van der Waals surface area contributed by atoms with Crippen LogP contribution in [0.2, 0.25) is 0 Å². The molecular formula is C26H24O3S2. The van der Waals surface area contributed by atoms with Crippen LogP contribution < -0.4 is 0 Å². The molecule has 0 bridgehead atoms. The molecule has 5 heteroatoms. The van der Waals surface area contributed by atoms with Gasteiger partial charge < -0.3 is 0 Å². The zero-order valence-corrected chi connectivity index (χ0v) is 19.0. The van der Waals surface area contributed by atoms with Crippen molar-refractivity contribution in [1.82, 2.24) is 0 Å². The van der Waals surface area contributed by atoms with Gasteiger partial charge in [0, 0.05) is 19.6 Å². The number of benzene rings is 4. The first-order chi connectivity index (χ1) is 14.8. The second kappa shape index (κ2) is 8.35. The van der Waals surface area contributed by atoms with E-state index in [4.69, 9.17) is 0 Å². The first-order valence-corrected chi connectivity index (χ1v) is 13.0. The minimum absolute atomic E-state index is 0.0151. The fourth-order valence-electron chi connectivity index (χ4n) is 4.18. The smallest absolute Gasteiger partial charge is 0.282 e. The Morgan fingerprint density at radius 2 is 0.871 bits per heavy atom. The Balaban J connectivity index is 2.17. The van der Waals surface area contributed by atoms with Gasteiger partial charge in [0.05, 0.1) is 4.90 Å². The van der Waals surface area contributed by atoms with Crippen molar-refractivity contribution in [2.45, 2.75) is 38.3 Å². The van der Waals surface area contributed by atoms with Crippen molar-refractivity contribution in [1.29, 1.82) is 0 Å². The van der Waals surface area contributed by atoms with Gasteiger partial charge in [0.2, 0.25) is 0 Å². The topological polar surface area (TPSA) is 54.4 Å². The van der Waals surface area contributed by atoms with Crippen molar-refractivity contribution in [3.8, 4) is 0 Å². The molecule has 0 aliphatic carbocycles. The van der Waals surface area contributed by atoms with E-state index >= 15 is 0 Å². The molecule has 0 amide bonds. The number of aryl methyl sites for hydroxylation is 2. The Morgan fingerprint density at radius 1 is 0.548 bits per heavy atom. The van der Waals surface area contributed by atoms with Gasteiger partial charge in [-0.15, -0.1) is 10.0 Å². The van der Waals surface area contributed by atoms with Crippen LogP contribution in [0.15, 0.2) is 128 Å². The monoisotopic (exact) mass is 448 g/mol. The molecule has 0 spiro atoms. The van der Waals surface area contributed by atoms with Gasteiger partial charge in [0.25, 0.3) is 10.1 Å². The summed E-state index contributed by atoms with van der Waals surface area (Å²) in [7, 11) is -6.21. The average Bonchev–Trinajstić information content (AvgIpc) is 2.75. The lowest BCUT2D eigenvalue weighted by molar-refractivity contribution is 0.482. The number of hydrogen-bond acceptors (Lipinski definition) is 2. The van der Waals surface area contributed by atoms with Crippen LogP contribution in [-0.4, -0.2) is 13.0 Å². The Kier molecular flexibility index (Phi) is 5.75. The average molecular weight is 449 g/mol. The van der Waals surface area contributed by atoms with E-state index in [0.29, 0.717) is 11.1 Å². The third kappa shape index (κ3) is 3.81. The predicted molar refractivity (Wildman–Crippen MR) is 126 cm³/mol. The molecule has 0 heterocycles. The SMILES string of the molecule is Cc1cc(S(c2ccccc2)(c2ccccc2)c2ccccc2)cc(C)c1S(=O)(=O)O. The summed E-state index contributed by atoms with van der Waals surface area (Å²) in [4.78, 5) is 4.49. The van der Waals surface area contributed by atoms with E-state index in [1.165, 1.54) is 0 Å². The van der Waals surface area contributed by atoms with E-state index in [2.05, 4.69) is 36.4 Å². The summed E-state index contributed by atoms with van der Waals surface area (Å²) in [5, 5.41) is 0. The van der Waals surface area contributed by atoms with Crippen molar-refractivity contribution < 1.29 is 13.0 Å². The van der Waals surface area contributed by atoms with Crippen molar-refractivity contribution in [2.75, 3.05) is 0 Å². The molecule has 3 nitrogen and oxygen atoms in total. The highest BCUT2D eigenvalue weighted by molar-refractivity contribution is 8.34. The first-order valence-electron chi connectivity index (χ1n) is 9.92. The normalized spacial score (nSPS) is 12.5. The summed E-state index contributed by atoms with van der Waals surface area (Å²) in [6, 6.07) is 34.9. The highest BCUT2D eigenvalue weighted by atomic mass is 32.3. The van der Waals surface area contributed by atoms with Gasteiger partial charge in [-0.05, 0) is 73.5 Å². The van der Waals surface area contributed by atoms with Gasteiger partial charge >= 0.3 is 0 Å². The van der Waals surface area contributed by atoms with E-state index < -0.39 is 20.1 Å². The molecule has 0 unspecified atom stereocenters. The van der Waals surface area contributed by atoms with Crippen LogP contribution in [0.5, 0.6) is 0 Å². The van der Waals surface area contributed by atoms with Crippen LogP contribution >= 0.6 is 10.0 Å². The second-order valence-corrected chi connectivity index (χ2v) is 11.9. The van der Waals surface area contributed by atoms with Crippen molar-refractivity contribution in [3.63, 3.8) is 0 Å². The Hall–Kier alpha value is -2.86. The molecule has 0 aromatic heterocycles. The number of hydrogen-bond donors (Lipinski definition) is 1. The van der Waals surface area contributed by atoms with E-state index in [0.717, 1.165) is 19.6 Å². The van der Waals surface area contributed by atoms with Crippen LogP contribution in [0.4, 0.5) is 0 Å². The van der Waals surface area contributed by atoms with E-state index in [1.807, 2.05) is 66.7 Å². The second-order valence-electron chi connectivity index (χ2n) is 7.41. The van der Waals surface area contributed by atoms with Crippen molar-refractivity contribution in [2.24, 2.45) is 0 Å². The maximum atomic E-state index is 12.0. The van der Waals surface area contributed by atoms with E-state index in [9.17, 15) is 13.0 Å². The molecule has 4 aromatic rings. The zero-order valence-electron chi connectivity index (χ0n) is 17.4. The minimum Gasteiger partial charge on any atom is -0.282 e. The van der Waals surface area contributed by atoms with Crippen LogP contribution in [0, 0.1) is 13.8 Å². The summed E-state index contributed by atoms with van der Waals surface area (Å²) < 4.78 is 33.8. The zero-order chi connectivity index (χ0) is 22.1. The van der Waals surface area contributed by atoms with E-state index in [1.54, 1.807) is 13.8 Å². The van der Waals surface area contributed by atoms with E-state index in [-0.39, 0.29) is 4.90 Å². The maximum Gasteiger partial charge on any atom is 0.295 e. The molecule has 0 saturated carbocycles. The molecule has 31 heavy (non-hydrogen) atoms. The molecule has 0 aliphatic heterocycles. The molecule has 0 atom stereocenters. The summed E-state index contributed by atoms with van der Waals surface area (Å²) >= 11 is 0. The molecule has 0 aliphatic rings. The lowest BCUT2D eigenvalue weighted by Gasteiger charge is -2.42. The summed E-state index contributed by atoms with van der Waals surface area (Å²) in [5.74, 6) is 0. The van der Waals surface area contributed by atoms with Crippen LogP contribution in [0.25, 0.3) is 0 Å². The molecule has 4 rings (SSSR count). The lowest BCUT2D eigenvalue weighted by Crippen LogP contribution is -2.09. The Labute approximate surface area is 185 Å². The third-order valence-electron chi connectivity index (χ3n) is 5.34. The predicted octanol–water partition coefficient (Wildman–Crippen LogP) is 6.89. The first kappa shape index (κ1) is 21.4. The summed E-state index contributed by atoms with van der Waals surface area (Å²) in [6.45, 7) is 3.48. The molecular weight excluding hydrogens is 424 g/mol. The maximum absolute atomic E-state index is 12.0. The van der Waals surface area contributed by atoms with Gasteiger partial charge in [-0.2, -0.15) is 8.42 Å². The van der Waals surface area contributed by atoms with Crippen LogP contribution in [-0.2, 0) is 10.1 Å². The highest BCUT2D eigenvalue weighted by Gasteiger charge is 2.34. The molecule has 0 radical (unpaired) electrons. The lowest BCUT2D eigenvalue weighted by atomic mass is 10.1. The quantitative estimate of drug-likeness (QED) is 0.338. The number of rotatable bonds is 5. The molecule has 0 saturated heterocycles. The summed E-state index contributed by atoms with van der Waals surface area (Å²) in [5.41, 5.74) is 1.08. The van der Waals surface area contributed by atoms with Crippen LogP contribution in [0.1, 0.15) is 11.1 Å². The largest absolute Gasteiger partial charge is 0.295 e. The van der Waals surface area contributed by atoms with Crippen molar-refractivity contribution >= 4 is 20.1 Å². The van der Waals surface area contributed by atoms with Gasteiger partial charge in [-0.1, -0.05) is 54.6 Å².